The van der Waals surface area contributed by atoms with Crippen LogP contribution in [-0.4, -0.2) is 66.4 Å². The molecule has 0 unspecified atom stereocenters. The van der Waals surface area contributed by atoms with Gasteiger partial charge in [0.15, 0.2) is 12.6 Å². The van der Waals surface area contributed by atoms with Crippen LogP contribution in [0.15, 0.2) is 0 Å². The van der Waals surface area contributed by atoms with Gasteiger partial charge in [0.1, 0.15) is 0 Å². The van der Waals surface area contributed by atoms with Gasteiger partial charge in [-0.1, -0.05) is 0 Å². The number of hydrogen-bond acceptors (Lipinski definition) is 6. The topological polar surface area (TPSA) is 55.4 Å². The Morgan fingerprint density at radius 3 is 1.47 bits per heavy atom. The fourth-order valence-corrected chi connectivity index (χ4v) is 2.19. The molecule has 2 aliphatic rings. The van der Waals surface area contributed by atoms with Crippen LogP contribution in [0.1, 0.15) is 12.8 Å². The van der Waals surface area contributed by atoms with Crippen LogP contribution in [-0.2, 0) is 28.4 Å². The predicted molar refractivity (Wildman–Crippen MR) is 66.8 cm³/mol. The first-order valence-electron chi connectivity index (χ1n) is 6.72. The molecule has 2 aliphatic heterocycles. The molecule has 0 aromatic carbocycles. The molecular formula is C13H24O6. The number of methoxy groups -OCH3 is 2. The quantitative estimate of drug-likeness (QED) is 0.715. The van der Waals surface area contributed by atoms with Crippen LogP contribution in [0.2, 0.25) is 0 Å². The van der Waals surface area contributed by atoms with Crippen molar-refractivity contribution in [3.05, 3.63) is 0 Å². The van der Waals surface area contributed by atoms with Crippen LogP contribution in [0, 0.1) is 5.41 Å². The summed E-state index contributed by atoms with van der Waals surface area (Å²) < 4.78 is 32.8. The lowest BCUT2D eigenvalue weighted by atomic mass is 9.90. The van der Waals surface area contributed by atoms with Crippen molar-refractivity contribution in [1.82, 2.24) is 0 Å². The molecule has 6 nitrogen and oxygen atoms in total. The average Bonchev–Trinajstić information content (AvgIpc) is 2.46. The van der Waals surface area contributed by atoms with E-state index in [0.29, 0.717) is 39.6 Å². The number of hydrogen-bond donors (Lipinski definition) is 0. The van der Waals surface area contributed by atoms with E-state index in [1.165, 1.54) is 0 Å². The lowest BCUT2D eigenvalue weighted by Crippen LogP contribution is -2.52. The highest BCUT2D eigenvalue weighted by molar-refractivity contribution is 4.84. The molecule has 0 aromatic rings. The van der Waals surface area contributed by atoms with Crippen LogP contribution in [0.25, 0.3) is 0 Å². The fourth-order valence-electron chi connectivity index (χ4n) is 2.19. The zero-order valence-corrected chi connectivity index (χ0v) is 11.8. The molecule has 0 N–H and O–H groups in total. The van der Waals surface area contributed by atoms with Crippen LogP contribution in [0.3, 0.4) is 0 Å². The lowest BCUT2D eigenvalue weighted by molar-refractivity contribution is -0.305. The maximum Gasteiger partial charge on any atom is 0.159 e. The van der Waals surface area contributed by atoms with Gasteiger partial charge in [0.25, 0.3) is 0 Å². The standard InChI is InChI=1S/C13H24O6/c1-14-5-3-11-16-7-13(8-17-11)9-18-12(19-10-13)4-6-15-2/h11-12H,3-10H2,1-2H3. The highest BCUT2D eigenvalue weighted by atomic mass is 16.7. The zero-order chi connectivity index (χ0) is 13.6. The van der Waals surface area contributed by atoms with Crippen molar-refractivity contribution in [1.29, 1.82) is 0 Å². The summed E-state index contributed by atoms with van der Waals surface area (Å²) in [6, 6.07) is 0. The van der Waals surface area contributed by atoms with Gasteiger partial charge >= 0.3 is 0 Å². The minimum atomic E-state index is -0.170. The normalized spacial score (nSPS) is 35.7. The molecule has 0 amide bonds. The second-order valence-electron chi connectivity index (χ2n) is 5.17. The van der Waals surface area contributed by atoms with E-state index in [-0.39, 0.29) is 18.0 Å². The van der Waals surface area contributed by atoms with Crippen LogP contribution in [0.4, 0.5) is 0 Å². The third kappa shape index (κ3) is 4.37. The Morgan fingerprint density at radius 1 is 0.789 bits per heavy atom. The molecule has 0 atom stereocenters. The van der Waals surface area contributed by atoms with Gasteiger partial charge in [-0.05, 0) is 0 Å². The molecule has 0 saturated carbocycles. The van der Waals surface area contributed by atoms with Crippen molar-refractivity contribution in [3.63, 3.8) is 0 Å². The first-order chi connectivity index (χ1) is 9.28. The van der Waals surface area contributed by atoms with Crippen molar-refractivity contribution in [2.45, 2.75) is 25.4 Å². The summed E-state index contributed by atoms with van der Waals surface area (Å²) in [5, 5.41) is 0. The van der Waals surface area contributed by atoms with E-state index >= 15 is 0 Å². The second-order valence-corrected chi connectivity index (χ2v) is 5.17. The molecule has 112 valence electrons. The third-order valence-electron chi connectivity index (χ3n) is 3.42. The summed E-state index contributed by atoms with van der Waals surface area (Å²) >= 11 is 0. The van der Waals surface area contributed by atoms with E-state index in [4.69, 9.17) is 28.4 Å². The van der Waals surface area contributed by atoms with Crippen molar-refractivity contribution < 1.29 is 28.4 Å². The number of ether oxygens (including phenoxy) is 6. The van der Waals surface area contributed by atoms with Crippen molar-refractivity contribution in [2.24, 2.45) is 5.41 Å². The first-order valence-corrected chi connectivity index (χ1v) is 6.72. The molecule has 6 heteroatoms. The third-order valence-corrected chi connectivity index (χ3v) is 3.42. The van der Waals surface area contributed by atoms with Crippen molar-refractivity contribution >= 4 is 0 Å². The van der Waals surface area contributed by atoms with E-state index in [0.717, 1.165) is 12.8 Å². The second kappa shape index (κ2) is 7.52. The summed E-state index contributed by atoms with van der Waals surface area (Å²) in [5.41, 5.74) is -0.160. The molecular weight excluding hydrogens is 252 g/mol. The maximum atomic E-state index is 5.70. The monoisotopic (exact) mass is 276 g/mol. The van der Waals surface area contributed by atoms with Crippen molar-refractivity contribution in [3.8, 4) is 0 Å². The van der Waals surface area contributed by atoms with E-state index in [1.54, 1.807) is 14.2 Å². The summed E-state index contributed by atoms with van der Waals surface area (Å²) in [6.07, 6.45) is 1.17. The minimum absolute atomic E-state index is 0.160. The molecule has 2 saturated heterocycles. The van der Waals surface area contributed by atoms with Gasteiger partial charge in [-0.3, -0.25) is 0 Å². The Balaban J connectivity index is 1.69. The fraction of sp³-hybridized carbons (Fsp3) is 1.00. The molecule has 2 rings (SSSR count). The molecule has 0 aliphatic carbocycles. The summed E-state index contributed by atoms with van der Waals surface area (Å²) in [6.45, 7) is 3.72. The van der Waals surface area contributed by atoms with E-state index in [2.05, 4.69) is 0 Å². The Labute approximate surface area is 114 Å². The summed E-state index contributed by atoms with van der Waals surface area (Å²) in [5.74, 6) is 0. The van der Waals surface area contributed by atoms with Gasteiger partial charge in [-0.25, -0.2) is 0 Å². The van der Waals surface area contributed by atoms with Gasteiger partial charge in [-0.15, -0.1) is 0 Å². The maximum absolute atomic E-state index is 5.70. The van der Waals surface area contributed by atoms with Crippen LogP contribution < -0.4 is 0 Å². The minimum Gasteiger partial charge on any atom is -0.384 e. The Hall–Kier alpha value is -0.240. The predicted octanol–water partition coefficient (Wildman–Crippen LogP) is 0.792. The van der Waals surface area contributed by atoms with Gasteiger partial charge in [0, 0.05) is 27.1 Å². The average molecular weight is 276 g/mol. The van der Waals surface area contributed by atoms with Gasteiger partial charge in [-0.2, -0.15) is 0 Å². The molecule has 0 aromatic heterocycles. The molecule has 0 radical (unpaired) electrons. The molecule has 1 spiro atoms. The summed E-state index contributed by atoms with van der Waals surface area (Å²) in [4.78, 5) is 0. The first kappa shape index (κ1) is 15.2. The van der Waals surface area contributed by atoms with Crippen LogP contribution in [0.5, 0.6) is 0 Å². The largest absolute Gasteiger partial charge is 0.384 e. The van der Waals surface area contributed by atoms with Gasteiger partial charge in [0.2, 0.25) is 0 Å². The molecule has 19 heavy (non-hydrogen) atoms. The van der Waals surface area contributed by atoms with Gasteiger partial charge < -0.3 is 28.4 Å². The van der Waals surface area contributed by atoms with Crippen molar-refractivity contribution in [2.75, 3.05) is 53.9 Å². The molecule has 2 heterocycles. The number of rotatable bonds is 6. The SMILES string of the molecule is COCCC1OCC2(CO1)COC(CCOC)OC2. The van der Waals surface area contributed by atoms with E-state index in [9.17, 15) is 0 Å². The zero-order valence-electron chi connectivity index (χ0n) is 11.8. The highest BCUT2D eigenvalue weighted by Gasteiger charge is 2.41. The Kier molecular flexibility index (Phi) is 6.00. The summed E-state index contributed by atoms with van der Waals surface area (Å²) in [7, 11) is 3.35. The Bertz CT molecular complexity index is 214. The lowest BCUT2D eigenvalue weighted by Gasteiger charge is -2.43. The van der Waals surface area contributed by atoms with Crippen LogP contribution >= 0.6 is 0 Å². The van der Waals surface area contributed by atoms with E-state index < -0.39 is 0 Å². The molecule has 0 bridgehead atoms. The highest BCUT2D eigenvalue weighted by Crippen LogP contribution is 2.31. The Morgan fingerprint density at radius 2 is 1.16 bits per heavy atom. The smallest absolute Gasteiger partial charge is 0.159 e. The van der Waals surface area contributed by atoms with E-state index in [1.807, 2.05) is 0 Å². The van der Waals surface area contributed by atoms with Gasteiger partial charge in [0.05, 0.1) is 45.1 Å². The molecule has 2 fully saturated rings.